The zero-order valence-corrected chi connectivity index (χ0v) is 13.8. The molecule has 1 N–H and O–H groups in total. The highest BCUT2D eigenvalue weighted by atomic mass is 16.2. The lowest BCUT2D eigenvalue weighted by atomic mass is 10.0. The normalized spacial score (nSPS) is 19.7. The number of fused-ring (bicyclic) bond motifs is 1. The highest BCUT2D eigenvalue weighted by Gasteiger charge is 2.40. The van der Waals surface area contributed by atoms with E-state index in [1.54, 1.807) is 0 Å². The summed E-state index contributed by atoms with van der Waals surface area (Å²) in [7, 11) is 0. The van der Waals surface area contributed by atoms with E-state index in [9.17, 15) is 4.79 Å². The molecule has 1 amide bonds. The number of benzene rings is 1. The number of carbonyl (C=O) groups is 1. The fraction of sp³-hybridized carbons (Fsp3) is 0.474. The molecule has 23 heavy (non-hydrogen) atoms. The van der Waals surface area contributed by atoms with Gasteiger partial charge in [-0.2, -0.15) is 5.10 Å². The number of rotatable bonds is 4. The Hall–Kier alpha value is -2.10. The highest BCUT2D eigenvalue weighted by molar-refractivity contribution is 5.80. The molecule has 0 spiro atoms. The summed E-state index contributed by atoms with van der Waals surface area (Å²) in [4.78, 5) is 15.3. The molecule has 120 valence electrons. The van der Waals surface area contributed by atoms with Crippen molar-refractivity contribution in [3.8, 4) is 0 Å². The predicted octanol–water partition coefficient (Wildman–Crippen LogP) is 3.25. The fourth-order valence-electron chi connectivity index (χ4n) is 3.89. The minimum atomic E-state index is 0.252. The maximum Gasteiger partial charge on any atom is 0.227 e. The zero-order chi connectivity index (χ0) is 16.0. The molecule has 0 bridgehead atoms. The molecule has 1 heterocycles. The first-order chi connectivity index (χ1) is 11.1. The van der Waals surface area contributed by atoms with Crippen LogP contribution < -0.4 is 0 Å². The average molecular weight is 309 g/mol. The van der Waals surface area contributed by atoms with Crippen LogP contribution in [0.1, 0.15) is 53.4 Å². The third-order valence-corrected chi connectivity index (χ3v) is 5.27. The van der Waals surface area contributed by atoms with E-state index in [1.807, 2.05) is 13.8 Å². The van der Waals surface area contributed by atoms with Crippen molar-refractivity contribution >= 4 is 5.91 Å². The van der Waals surface area contributed by atoms with Crippen molar-refractivity contribution in [3.63, 3.8) is 0 Å². The van der Waals surface area contributed by atoms with Gasteiger partial charge in [-0.05, 0) is 50.7 Å². The predicted molar refractivity (Wildman–Crippen MR) is 89.1 cm³/mol. The quantitative estimate of drug-likeness (QED) is 0.942. The van der Waals surface area contributed by atoms with Gasteiger partial charge in [0.25, 0.3) is 0 Å². The number of H-pyrrole nitrogens is 1. The van der Waals surface area contributed by atoms with Gasteiger partial charge in [0.05, 0.1) is 18.2 Å². The number of aryl methyl sites for hydroxylation is 3. The number of nitrogens with zero attached hydrogens (tertiary/aromatic N) is 2. The van der Waals surface area contributed by atoms with Crippen LogP contribution in [0, 0.1) is 13.8 Å². The molecule has 2 aromatic rings. The van der Waals surface area contributed by atoms with Crippen LogP contribution in [0.2, 0.25) is 0 Å². The first kappa shape index (κ1) is 14.5. The van der Waals surface area contributed by atoms with Gasteiger partial charge < -0.3 is 4.90 Å². The molecule has 0 unspecified atom stereocenters. The van der Waals surface area contributed by atoms with Crippen LogP contribution in [0.5, 0.6) is 0 Å². The lowest BCUT2D eigenvalue weighted by molar-refractivity contribution is -0.133. The van der Waals surface area contributed by atoms with Crippen LogP contribution in [-0.4, -0.2) is 27.0 Å². The summed E-state index contributed by atoms with van der Waals surface area (Å²) in [6, 6.07) is 9.30. The molecule has 2 aliphatic carbocycles. The van der Waals surface area contributed by atoms with Crippen molar-refractivity contribution in [1.29, 1.82) is 0 Å². The van der Waals surface area contributed by atoms with Crippen LogP contribution in [0.4, 0.5) is 0 Å². The van der Waals surface area contributed by atoms with Crippen LogP contribution in [0.3, 0.4) is 0 Å². The van der Waals surface area contributed by atoms with Gasteiger partial charge in [0.1, 0.15) is 0 Å². The van der Waals surface area contributed by atoms with Gasteiger partial charge >= 0.3 is 0 Å². The molecule has 4 nitrogen and oxygen atoms in total. The lowest BCUT2D eigenvalue weighted by Gasteiger charge is -2.30. The molecule has 1 saturated carbocycles. The van der Waals surface area contributed by atoms with E-state index in [0.29, 0.717) is 12.5 Å². The molecule has 2 aliphatic rings. The summed E-state index contributed by atoms with van der Waals surface area (Å²) in [6.45, 7) is 3.97. The van der Waals surface area contributed by atoms with Crippen molar-refractivity contribution in [1.82, 2.24) is 15.1 Å². The molecule has 0 aliphatic heterocycles. The van der Waals surface area contributed by atoms with Gasteiger partial charge in [0.15, 0.2) is 0 Å². The summed E-state index contributed by atoms with van der Waals surface area (Å²) < 4.78 is 0. The molecule has 1 fully saturated rings. The van der Waals surface area contributed by atoms with Crippen molar-refractivity contribution in [2.24, 2.45) is 0 Å². The van der Waals surface area contributed by atoms with Crippen LogP contribution >= 0.6 is 0 Å². The van der Waals surface area contributed by atoms with E-state index in [-0.39, 0.29) is 11.9 Å². The number of hydrogen-bond donors (Lipinski definition) is 1. The Balaban J connectivity index is 1.61. The molecular weight excluding hydrogens is 286 g/mol. The van der Waals surface area contributed by atoms with E-state index in [2.05, 4.69) is 39.4 Å². The van der Waals surface area contributed by atoms with Gasteiger partial charge in [-0.3, -0.25) is 9.89 Å². The smallest absolute Gasteiger partial charge is 0.227 e. The summed E-state index contributed by atoms with van der Waals surface area (Å²) >= 11 is 0. The third-order valence-electron chi connectivity index (χ3n) is 5.27. The zero-order valence-electron chi connectivity index (χ0n) is 13.8. The summed E-state index contributed by atoms with van der Waals surface area (Å²) in [6.07, 6.45) is 4.90. The SMILES string of the molecule is Cc1n[nH]c(C)c1CC(=O)N(C1CC1)[C@@H]1CCc2ccccc21. The maximum atomic E-state index is 13.1. The van der Waals surface area contributed by atoms with Gasteiger partial charge in [0, 0.05) is 17.3 Å². The molecule has 1 atom stereocenters. The minimum Gasteiger partial charge on any atom is -0.332 e. The largest absolute Gasteiger partial charge is 0.332 e. The van der Waals surface area contributed by atoms with Crippen molar-refractivity contribution in [3.05, 3.63) is 52.3 Å². The van der Waals surface area contributed by atoms with Crippen molar-refractivity contribution in [2.75, 3.05) is 0 Å². The third kappa shape index (κ3) is 2.56. The fourth-order valence-corrected chi connectivity index (χ4v) is 3.89. The Morgan fingerprint density at radius 1 is 1.26 bits per heavy atom. The summed E-state index contributed by atoms with van der Waals surface area (Å²) in [5.74, 6) is 0.252. The number of amides is 1. The van der Waals surface area contributed by atoms with Gasteiger partial charge in [-0.25, -0.2) is 0 Å². The van der Waals surface area contributed by atoms with Gasteiger partial charge in [-0.1, -0.05) is 24.3 Å². The molecule has 0 radical (unpaired) electrons. The number of aromatic nitrogens is 2. The molecule has 1 aromatic carbocycles. The monoisotopic (exact) mass is 309 g/mol. The topological polar surface area (TPSA) is 49.0 Å². The van der Waals surface area contributed by atoms with E-state index < -0.39 is 0 Å². The van der Waals surface area contributed by atoms with Crippen LogP contribution in [0.25, 0.3) is 0 Å². The maximum absolute atomic E-state index is 13.1. The van der Waals surface area contributed by atoms with E-state index in [1.165, 1.54) is 11.1 Å². The Morgan fingerprint density at radius 3 is 2.74 bits per heavy atom. The number of hydrogen-bond acceptors (Lipinski definition) is 2. The van der Waals surface area contributed by atoms with Gasteiger partial charge in [0.2, 0.25) is 5.91 Å². The minimum absolute atomic E-state index is 0.252. The Kier molecular flexibility index (Phi) is 3.47. The number of carbonyl (C=O) groups excluding carboxylic acids is 1. The molecule has 1 aromatic heterocycles. The highest BCUT2D eigenvalue weighted by Crippen LogP contribution is 2.42. The second kappa shape index (κ2) is 5.52. The average Bonchev–Trinajstić information content (AvgIpc) is 3.22. The first-order valence-electron chi connectivity index (χ1n) is 8.54. The Morgan fingerprint density at radius 2 is 2.04 bits per heavy atom. The van der Waals surface area contributed by atoms with Crippen LogP contribution in [0.15, 0.2) is 24.3 Å². The molecule has 4 rings (SSSR count). The van der Waals surface area contributed by atoms with Gasteiger partial charge in [-0.15, -0.1) is 0 Å². The molecular formula is C19H23N3O. The first-order valence-corrected chi connectivity index (χ1v) is 8.54. The second-order valence-corrected chi connectivity index (χ2v) is 6.87. The molecule has 0 saturated heterocycles. The summed E-state index contributed by atoms with van der Waals surface area (Å²) in [5.41, 5.74) is 5.78. The number of nitrogens with one attached hydrogen (secondary N) is 1. The van der Waals surface area contributed by atoms with Crippen molar-refractivity contribution < 1.29 is 4.79 Å². The van der Waals surface area contributed by atoms with E-state index in [4.69, 9.17) is 0 Å². The Bertz CT molecular complexity index is 725. The molecule has 4 heteroatoms. The van der Waals surface area contributed by atoms with E-state index in [0.717, 1.165) is 42.6 Å². The number of aromatic amines is 1. The van der Waals surface area contributed by atoms with Crippen molar-refractivity contribution in [2.45, 2.75) is 58.0 Å². The summed E-state index contributed by atoms with van der Waals surface area (Å²) in [5, 5.41) is 7.22. The standard InChI is InChI=1S/C19H23N3O/c1-12-17(13(2)21-20-12)11-19(23)22(15-8-9-15)18-10-7-14-5-3-4-6-16(14)18/h3-6,15,18H,7-11H2,1-2H3,(H,20,21)/t18-/m1/s1. The van der Waals surface area contributed by atoms with Crippen LogP contribution in [-0.2, 0) is 17.6 Å². The van der Waals surface area contributed by atoms with E-state index >= 15 is 0 Å². The lowest BCUT2D eigenvalue weighted by Crippen LogP contribution is -2.37. The Labute approximate surface area is 136 Å². The second-order valence-electron chi connectivity index (χ2n) is 6.87.